The normalized spacial score (nSPS) is 42.9. The topological polar surface area (TPSA) is 66.8 Å². The Morgan fingerprint density at radius 2 is 1.92 bits per heavy atom. The minimum Gasteiger partial charge on any atom is -0.463 e. The van der Waals surface area contributed by atoms with Crippen molar-refractivity contribution in [3.8, 4) is 0 Å². The second kappa shape index (κ2) is 6.63. The van der Waals surface area contributed by atoms with E-state index >= 15 is 0 Å². The van der Waals surface area contributed by atoms with E-state index in [4.69, 9.17) is 4.74 Å². The zero-order valence-electron chi connectivity index (χ0n) is 17.0. The molecule has 0 bridgehead atoms. The molecule has 6 atom stereocenters. The average Bonchev–Trinajstić information content (AvgIpc) is 2.56. The third-order valence-corrected chi connectivity index (χ3v) is 8.17. The molecule has 0 heterocycles. The van der Waals surface area contributed by atoms with Crippen LogP contribution in [0.25, 0.3) is 0 Å². The Hall–Kier alpha value is -0.870. The number of fused-ring (bicyclic) bond motifs is 3. The number of hydrogen-bond acceptors (Lipinski definition) is 4. The number of aliphatic hydroxyl groups is 2. The van der Waals surface area contributed by atoms with Gasteiger partial charge in [0.15, 0.2) is 0 Å². The third kappa shape index (κ3) is 3.13. The summed E-state index contributed by atoms with van der Waals surface area (Å²) in [5, 5.41) is 21.2. The van der Waals surface area contributed by atoms with Gasteiger partial charge in [-0.25, -0.2) is 0 Å². The van der Waals surface area contributed by atoms with Crippen LogP contribution in [0.3, 0.4) is 0 Å². The van der Waals surface area contributed by atoms with Crippen LogP contribution in [0.15, 0.2) is 11.6 Å². The Morgan fingerprint density at radius 3 is 2.58 bits per heavy atom. The summed E-state index contributed by atoms with van der Waals surface area (Å²) in [6.45, 7) is 10.5. The highest BCUT2D eigenvalue weighted by Gasteiger charge is 2.57. The van der Waals surface area contributed by atoms with Crippen molar-refractivity contribution in [2.75, 3.05) is 6.61 Å². The molecule has 148 valence electrons. The van der Waals surface area contributed by atoms with Gasteiger partial charge in [0.2, 0.25) is 0 Å². The van der Waals surface area contributed by atoms with E-state index in [0.717, 1.165) is 38.5 Å². The van der Waals surface area contributed by atoms with Gasteiger partial charge in [-0.15, -0.1) is 0 Å². The predicted octanol–water partition coefficient (Wildman–Crippen LogP) is 3.85. The minimum absolute atomic E-state index is 0.0336. The average molecular weight is 365 g/mol. The van der Waals surface area contributed by atoms with Gasteiger partial charge in [0.1, 0.15) is 6.61 Å². The quantitative estimate of drug-likeness (QED) is 0.590. The molecule has 3 rings (SSSR count). The zero-order valence-corrected chi connectivity index (χ0v) is 17.0. The van der Waals surface area contributed by atoms with Crippen LogP contribution in [0, 0.1) is 28.1 Å². The smallest absolute Gasteiger partial charge is 0.302 e. The Bertz CT molecular complexity index is 595. The van der Waals surface area contributed by atoms with Crippen LogP contribution in [0.5, 0.6) is 0 Å². The molecule has 0 saturated heterocycles. The predicted molar refractivity (Wildman–Crippen MR) is 101 cm³/mol. The minimum atomic E-state index is -0.657. The molecule has 3 aliphatic rings. The molecule has 0 amide bonds. The Kier molecular flexibility index (Phi) is 5.07. The fourth-order valence-electron chi connectivity index (χ4n) is 6.39. The van der Waals surface area contributed by atoms with E-state index in [1.165, 1.54) is 12.5 Å². The molecule has 4 nitrogen and oxygen atoms in total. The maximum atomic E-state index is 11.1. The van der Waals surface area contributed by atoms with Crippen LogP contribution < -0.4 is 0 Å². The van der Waals surface area contributed by atoms with Gasteiger partial charge in [0.05, 0.1) is 12.2 Å². The summed E-state index contributed by atoms with van der Waals surface area (Å²) < 4.78 is 5.06. The van der Waals surface area contributed by atoms with Gasteiger partial charge in [-0.1, -0.05) is 39.3 Å². The van der Waals surface area contributed by atoms with Crippen LogP contribution in [-0.2, 0) is 9.53 Å². The van der Waals surface area contributed by atoms with Gasteiger partial charge in [0, 0.05) is 12.3 Å². The van der Waals surface area contributed by atoms with E-state index in [2.05, 4.69) is 33.8 Å². The molecule has 3 aliphatic carbocycles. The summed E-state index contributed by atoms with van der Waals surface area (Å²) >= 11 is 0. The second-order valence-electron chi connectivity index (χ2n) is 10.1. The van der Waals surface area contributed by atoms with E-state index in [1.54, 1.807) is 0 Å². The first-order chi connectivity index (χ1) is 12.0. The third-order valence-electron chi connectivity index (χ3n) is 8.17. The lowest BCUT2D eigenvalue weighted by molar-refractivity contribution is -0.147. The molecule has 2 saturated carbocycles. The molecule has 26 heavy (non-hydrogen) atoms. The van der Waals surface area contributed by atoms with Crippen molar-refractivity contribution >= 4 is 5.97 Å². The lowest BCUT2D eigenvalue weighted by Gasteiger charge is -2.61. The van der Waals surface area contributed by atoms with Crippen molar-refractivity contribution in [1.82, 2.24) is 0 Å². The fourth-order valence-corrected chi connectivity index (χ4v) is 6.39. The number of esters is 1. The summed E-state index contributed by atoms with van der Waals surface area (Å²) in [7, 11) is 0. The Balaban J connectivity index is 1.83. The molecule has 0 aliphatic heterocycles. The van der Waals surface area contributed by atoms with E-state index in [1.807, 2.05) is 0 Å². The highest BCUT2D eigenvalue weighted by atomic mass is 16.5. The Labute approximate surface area is 158 Å². The SMILES string of the molecule is CC(=O)OCC(O)[C@]1(C)C=C2CCC3C(C)(C)C(O)CC[C@@]3(C)C2CC1. The highest BCUT2D eigenvalue weighted by molar-refractivity contribution is 5.65. The Morgan fingerprint density at radius 1 is 1.23 bits per heavy atom. The molecule has 4 unspecified atom stereocenters. The number of hydrogen-bond donors (Lipinski definition) is 2. The molecule has 0 aromatic heterocycles. The van der Waals surface area contributed by atoms with Crippen molar-refractivity contribution < 1.29 is 19.7 Å². The van der Waals surface area contributed by atoms with Crippen LogP contribution in [0.4, 0.5) is 0 Å². The maximum absolute atomic E-state index is 11.1. The maximum Gasteiger partial charge on any atom is 0.302 e. The number of aliphatic hydroxyl groups excluding tert-OH is 2. The molecular formula is C22H36O4. The second-order valence-corrected chi connectivity index (χ2v) is 10.1. The molecular weight excluding hydrogens is 328 g/mol. The van der Waals surface area contributed by atoms with Crippen LogP contribution >= 0.6 is 0 Å². The van der Waals surface area contributed by atoms with E-state index in [9.17, 15) is 15.0 Å². The molecule has 2 fully saturated rings. The van der Waals surface area contributed by atoms with Crippen molar-refractivity contribution in [3.05, 3.63) is 11.6 Å². The highest BCUT2D eigenvalue weighted by Crippen LogP contribution is 2.63. The largest absolute Gasteiger partial charge is 0.463 e. The summed E-state index contributed by atoms with van der Waals surface area (Å²) in [5.41, 5.74) is 1.35. The summed E-state index contributed by atoms with van der Waals surface area (Å²) in [6.07, 6.45) is 7.55. The van der Waals surface area contributed by atoms with Crippen molar-refractivity contribution in [2.24, 2.45) is 28.1 Å². The van der Waals surface area contributed by atoms with E-state index in [-0.39, 0.29) is 34.9 Å². The summed E-state index contributed by atoms with van der Waals surface area (Å²) in [6, 6.07) is 0. The monoisotopic (exact) mass is 364 g/mol. The molecule has 4 heteroatoms. The summed E-state index contributed by atoms with van der Waals surface area (Å²) in [4.78, 5) is 11.1. The van der Waals surface area contributed by atoms with Gasteiger partial charge in [0.25, 0.3) is 0 Å². The number of rotatable bonds is 3. The number of allylic oxidation sites excluding steroid dienone is 1. The van der Waals surface area contributed by atoms with Crippen molar-refractivity contribution in [1.29, 1.82) is 0 Å². The standard InChI is InChI=1S/C22H36O4/c1-14(23)26-13-19(25)21(4)10-8-16-15(12-21)6-7-17-20(2,3)18(24)9-11-22(16,17)5/h12,16-19,24-25H,6-11,13H2,1-5H3/t16?,17?,18?,19?,21-,22-/m0/s1. The van der Waals surface area contributed by atoms with Crippen molar-refractivity contribution in [2.45, 2.75) is 85.4 Å². The van der Waals surface area contributed by atoms with E-state index in [0.29, 0.717) is 11.8 Å². The zero-order chi connectivity index (χ0) is 19.3. The van der Waals surface area contributed by atoms with Gasteiger partial charge in [-0.05, 0) is 61.2 Å². The number of carbonyl (C=O) groups is 1. The van der Waals surface area contributed by atoms with Crippen LogP contribution in [-0.4, -0.2) is 35.0 Å². The van der Waals surface area contributed by atoms with Gasteiger partial charge < -0.3 is 14.9 Å². The van der Waals surface area contributed by atoms with Crippen molar-refractivity contribution in [3.63, 3.8) is 0 Å². The lowest BCUT2D eigenvalue weighted by Crippen LogP contribution is -2.55. The molecule has 0 aromatic rings. The fraction of sp³-hybridized carbons (Fsp3) is 0.864. The molecule has 0 aromatic carbocycles. The van der Waals surface area contributed by atoms with Gasteiger partial charge >= 0.3 is 5.97 Å². The first-order valence-corrected chi connectivity index (χ1v) is 10.2. The first kappa shape index (κ1) is 19.9. The van der Waals surface area contributed by atoms with Gasteiger partial charge in [-0.2, -0.15) is 0 Å². The van der Waals surface area contributed by atoms with Crippen LogP contribution in [0.2, 0.25) is 0 Å². The van der Waals surface area contributed by atoms with E-state index < -0.39 is 6.10 Å². The van der Waals surface area contributed by atoms with Gasteiger partial charge in [-0.3, -0.25) is 4.79 Å². The molecule has 0 spiro atoms. The first-order valence-electron chi connectivity index (χ1n) is 10.2. The molecule has 0 radical (unpaired) electrons. The van der Waals surface area contributed by atoms with Crippen LogP contribution in [0.1, 0.15) is 73.1 Å². The molecule has 2 N–H and O–H groups in total. The number of ether oxygens (including phenoxy) is 1. The lowest BCUT2D eigenvalue weighted by atomic mass is 9.45. The summed E-state index contributed by atoms with van der Waals surface area (Å²) in [5.74, 6) is 0.739. The number of carbonyl (C=O) groups excluding carboxylic acids is 1.